The van der Waals surface area contributed by atoms with Gasteiger partial charge >= 0.3 is 6.18 Å². The van der Waals surface area contributed by atoms with Crippen LogP contribution in [0.3, 0.4) is 0 Å². The minimum Gasteiger partial charge on any atom is -0.484 e. The van der Waals surface area contributed by atoms with Gasteiger partial charge in [0.05, 0.1) is 10.5 Å². The van der Waals surface area contributed by atoms with Crippen molar-refractivity contribution in [3.05, 3.63) is 100 Å². The van der Waals surface area contributed by atoms with Crippen LogP contribution < -0.4 is 20.3 Å². The van der Waals surface area contributed by atoms with Crippen LogP contribution in [0.1, 0.15) is 11.3 Å². The van der Waals surface area contributed by atoms with Gasteiger partial charge in [-0.25, -0.2) is 13.4 Å². The maximum Gasteiger partial charge on any atom is 0.416 e. The number of nitrogens with zero attached hydrogens (tertiary/aromatic N) is 1. The minimum atomic E-state index is -4.62. The van der Waals surface area contributed by atoms with Crippen molar-refractivity contribution in [3.63, 3.8) is 0 Å². The molecule has 3 N–H and O–H groups in total. The molecule has 1 heterocycles. The lowest BCUT2D eigenvalue weighted by Gasteiger charge is -2.12. The van der Waals surface area contributed by atoms with Crippen LogP contribution in [0.2, 0.25) is 0 Å². The van der Waals surface area contributed by atoms with E-state index in [-0.39, 0.29) is 21.9 Å². The number of hydrogen-bond donors (Lipinski definition) is 3. The Labute approximate surface area is 220 Å². The fraction of sp³-hybridized carbons (Fsp3) is 0.115. The number of aryl methyl sites for hydroxylation is 1. The summed E-state index contributed by atoms with van der Waals surface area (Å²) in [6.07, 6.45) is -4.62. The second kappa shape index (κ2) is 11.0. The second-order valence-corrected chi connectivity index (χ2v) is 9.99. The molecule has 9 nitrogen and oxygen atoms in total. The number of nitrogens with one attached hydrogen (secondary N) is 3. The van der Waals surface area contributed by atoms with Crippen molar-refractivity contribution in [2.75, 3.05) is 16.6 Å². The average molecular weight is 559 g/mol. The molecule has 0 saturated heterocycles. The number of H-pyrrole nitrogens is 1. The maximum absolute atomic E-state index is 12.9. The molecule has 0 aliphatic carbocycles. The highest BCUT2D eigenvalue weighted by molar-refractivity contribution is 7.92. The van der Waals surface area contributed by atoms with Gasteiger partial charge in [-0.2, -0.15) is 13.2 Å². The van der Waals surface area contributed by atoms with Gasteiger partial charge in [-0.3, -0.25) is 14.3 Å². The molecule has 0 fully saturated rings. The van der Waals surface area contributed by atoms with Gasteiger partial charge in [-0.05, 0) is 61.5 Å². The van der Waals surface area contributed by atoms with E-state index >= 15 is 0 Å². The predicted octanol–water partition coefficient (Wildman–Crippen LogP) is 4.58. The van der Waals surface area contributed by atoms with E-state index in [0.29, 0.717) is 28.8 Å². The van der Waals surface area contributed by atoms with E-state index in [1.807, 2.05) is 0 Å². The number of alkyl halides is 3. The fourth-order valence-corrected chi connectivity index (χ4v) is 4.54. The summed E-state index contributed by atoms with van der Waals surface area (Å²) in [5.74, 6) is 0.0455. The van der Waals surface area contributed by atoms with Crippen molar-refractivity contribution < 1.29 is 31.1 Å². The number of amides is 1. The smallest absolute Gasteiger partial charge is 0.416 e. The van der Waals surface area contributed by atoms with E-state index in [2.05, 4.69) is 20.0 Å². The van der Waals surface area contributed by atoms with Gasteiger partial charge in [0.15, 0.2) is 6.61 Å². The molecule has 4 rings (SSSR count). The number of halogens is 3. The van der Waals surface area contributed by atoms with E-state index in [9.17, 15) is 31.2 Å². The van der Waals surface area contributed by atoms with Crippen molar-refractivity contribution >= 4 is 27.3 Å². The van der Waals surface area contributed by atoms with Crippen molar-refractivity contribution in [1.29, 1.82) is 0 Å². The van der Waals surface area contributed by atoms with Crippen LogP contribution in [0.15, 0.2) is 88.6 Å². The van der Waals surface area contributed by atoms with Crippen LogP contribution in [0.4, 0.5) is 24.5 Å². The number of rotatable bonds is 8. The number of hydrogen-bond acceptors (Lipinski definition) is 6. The predicted molar refractivity (Wildman–Crippen MR) is 138 cm³/mol. The number of aromatic nitrogens is 2. The van der Waals surface area contributed by atoms with Crippen LogP contribution in [0.5, 0.6) is 5.75 Å². The van der Waals surface area contributed by atoms with Crippen LogP contribution in [0, 0.1) is 6.92 Å². The van der Waals surface area contributed by atoms with E-state index < -0.39 is 34.3 Å². The number of anilines is 2. The van der Waals surface area contributed by atoms with Crippen molar-refractivity contribution in [3.8, 4) is 17.1 Å². The molecular formula is C26H21F3N4O5S. The molecule has 1 amide bonds. The van der Waals surface area contributed by atoms with Crippen LogP contribution in [-0.2, 0) is 21.0 Å². The summed E-state index contributed by atoms with van der Waals surface area (Å²) in [4.78, 5) is 30.8. The molecule has 0 unspecified atom stereocenters. The lowest BCUT2D eigenvalue weighted by Crippen LogP contribution is -2.20. The third kappa shape index (κ3) is 7.23. The van der Waals surface area contributed by atoms with Gasteiger partial charge in [0, 0.05) is 28.7 Å². The molecule has 4 aromatic rings. The molecule has 0 saturated carbocycles. The normalized spacial score (nSPS) is 11.6. The van der Waals surface area contributed by atoms with Gasteiger partial charge in [-0.1, -0.05) is 18.2 Å². The minimum absolute atomic E-state index is 0.193. The third-order valence-corrected chi connectivity index (χ3v) is 6.63. The first-order valence-corrected chi connectivity index (χ1v) is 12.8. The molecule has 0 spiro atoms. The van der Waals surface area contributed by atoms with E-state index in [1.54, 1.807) is 31.2 Å². The van der Waals surface area contributed by atoms with Gasteiger partial charge in [0.2, 0.25) is 0 Å². The van der Waals surface area contributed by atoms with Gasteiger partial charge in [0.25, 0.3) is 21.5 Å². The highest BCUT2D eigenvalue weighted by atomic mass is 32.2. The second-order valence-electron chi connectivity index (χ2n) is 8.31. The Balaban J connectivity index is 1.36. The zero-order valence-corrected chi connectivity index (χ0v) is 21.1. The van der Waals surface area contributed by atoms with Crippen LogP contribution in [0.25, 0.3) is 11.4 Å². The number of benzene rings is 3. The highest BCUT2D eigenvalue weighted by Gasteiger charge is 2.30. The number of carbonyl (C=O) groups excluding carboxylic acids is 1. The lowest BCUT2D eigenvalue weighted by molar-refractivity contribution is -0.137. The summed E-state index contributed by atoms with van der Waals surface area (Å²) < 4.78 is 71.4. The summed E-state index contributed by atoms with van der Waals surface area (Å²) in [7, 11) is -4.18. The number of aromatic amines is 1. The topological polar surface area (TPSA) is 130 Å². The quantitative estimate of drug-likeness (QED) is 0.290. The molecule has 13 heteroatoms. The first-order valence-electron chi connectivity index (χ1n) is 11.3. The van der Waals surface area contributed by atoms with E-state index in [0.717, 1.165) is 12.1 Å². The Morgan fingerprint density at radius 3 is 2.36 bits per heavy atom. The molecule has 0 bridgehead atoms. The lowest BCUT2D eigenvalue weighted by atomic mass is 10.2. The van der Waals surface area contributed by atoms with Gasteiger partial charge < -0.3 is 15.0 Å². The first kappa shape index (κ1) is 27.4. The number of sulfonamides is 1. The first-order chi connectivity index (χ1) is 18.4. The number of ether oxygens (including phenoxy) is 1. The SMILES string of the molecule is Cc1cc(=O)[nH]c(-c2cccc(NC(=O)COc3ccc(S(=O)(=O)Nc4cccc(C(F)(F)F)c4)cc3)c2)n1. The zero-order chi connectivity index (χ0) is 28.2. The Kier molecular flexibility index (Phi) is 7.72. The molecule has 3 aromatic carbocycles. The largest absolute Gasteiger partial charge is 0.484 e. The maximum atomic E-state index is 12.9. The molecule has 0 radical (unpaired) electrons. The van der Waals surface area contributed by atoms with Crippen molar-refractivity contribution in [1.82, 2.24) is 9.97 Å². The average Bonchev–Trinajstić information content (AvgIpc) is 2.87. The molecule has 0 aliphatic heterocycles. The summed E-state index contributed by atoms with van der Waals surface area (Å²) in [6.45, 7) is 1.30. The molecule has 0 atom stereocenters. The fourth-order valence-electron chi connectivity index (χ4n) is 3.49. The van der Waals surface area contributed by atoms with Gasteiger partial charge in [0.1, 0.15) is 11.6 Å². The van der Waals surface area contributed by atoms with E-state index in [4.69, 9.17) is 4.74 Å². The molecule has 202 valence electrons. The monoisotopic (exact) mass is 558 g/mol. The highest BCUT2D eigenvalue weighted by Crippen LogP contribution is 2.31. The standard InChI is InChI=1S/C26H21F3N4O5S/c1-16-12-23(34)32-25(30-16)17-4-2-6-19(13-17)31-24(35)15-38-21-8-10-22(11-9-21)39(36,37)33-20-7-3-5-18(14-20)26(27,28)29/h2-14,33H,15H2,1H3,(H,31,35)(H,30,32,34). The van der Waals surface area contributed by atoms with E-state index in [1.165, 1.54) is 36.4 Å². The molecule has 39 heavy (non-hydrogen) atoms. The Morgan fingerprint density at radius 2 is 1.67 bits per heavy atom. The zero-order valence-electron chi connectivity index (χ0n) is 20.2. The summed E-state index contributed by atoms with van der Waals surface area (Å²) in [5, 5.41) is 2.66. The van der Waals surface area contributed by atoms with Crippen LogP contribution in [-0.4, -0.2) is 30.9 Å². The number of carbonyl (C=O) groups is 1. The molecule has 0 aliphatic rings. The summed E-state index contributed by atoms with van der Waals surface area (Å²) in [6, 6.07) is 16.9. The Morgan fingerprint density at radius 1 is 0.974 bits per heavy atom. The summed E-state index contributed by atoms with van der Waals surface area (Å²) >= 11 is 0. The van der Waals surface area contributed by atoms with Crippen molar-refractivity contribution in [2.45, 2.75) is 18.0 Å². The summed E-state index contributed by atoms with van der Waals surface area (Å²) in [5.41, 5.74) is 0.0403. The molecular weight excluding hydrogens is 537 g/mol. The van der Waals surface area contributed by atoms with Crippen LogP contribution >= 0.6 is 0 Å². The van der Waals surface area contributed by atoms with Crippen molar-refractivity contribution in [2.24, 2.45) is 0 Å². The van der Waals surface area contributed by atoms with Gasteiger partial charge in [-0.15, -0.1) is 0 Å². The Bertz CT molecular complexity index is 1670. The Hall–Kier alpha value is -4.65. The molecule has 1 aromatic heterocycles. The third-order valence-electron chi connectivity index (χ3n) is 5.24.